The van der Waals surface area contributed by atoms with Crippen LogP contribution in [0.15, 0.2) is 32.7 Å². The van der Waals surface area contributed by atoms with Gasteiger partial charge in [-0.1, -0.05) is 13.0 Å². The Morgan fingerprint density at radius 3 is 2.27 bits per heavy atom. The second-order valence-corrected chi connectivity index (χ2v) is 13.3. The van der Waals surface area contributed by atoms with Crippen LogP contribution in [0.5, 0.6) is 0 Å². The van der Waals surface area contributed by atoms with Crippen LogP contribution in [-0.2, 0) is 47.4 Å². The maximum absolute atomic E-state index is 13.3. The van der Waals surface area contributed by atoms with Crippen molar-refractivity contribution in [2.75, 3.05) is 38.0 Å². The Hall–Kier alpha value is -4.08. The third-order valence-corrected chi connectivity index (χ3v) is 9.73. The highest BCUT2D eigenvalue weighted by atomic mass is 32.2. The Labute approximate surface area is 262 Å². The number of urea groups is 2. The summed E-state index contributed by atoms with van der Waals surface area (Å²) in [6.45, 7) is 5.46. The summed E-state index contributed by atoms with van der Waals surface area (Å²) in [6.07, 6.45) is 6.35. The van der Waals surface area contributed by atoms with Gasteiger partial charge in [0.1, 0.15) is 5.69 Å². The predicted octanol–water partition coefficient (Wildman–Crippen LogP) is 1.93. The highest BCUT2D eigenvalue weighted by molar-refractivity contribution is 7.91. The molecule has 0 saturated carbocycles. The maximum atomic E-state index is 13.3. The van der Waals surface area contributed by atoms with E-state index in [2.05, 4.69) is 36.8 Å². The maximum Gasteiger partial charge on any atom is 0.354 e. The molecule has 0 bridgehead atoms. The van der Waals surface area contributed by atoms with Gasteiger partial charge in [0.2, 0.25) is 0 Å². The number of nitrogens with one attached hydrogen (secondary N) is 4. The Kier molecular flexibility index (Phi) is 9.70. The van der Waals surface area contributed by atoms with Gasteiger partial charge in [0, 0.05) is 50.6 Å². The number of amides is 6. The number of hydrogen-bond acceptors (Lipinski definition) is 7. The highest BCUT2D eigenvalue weighted by Crippen LogP contribution is 2.38. The Morgan fingerprint density at radius 1 is 1.00 bits per heavy atom. The lowest BCUT2D eigenvalue weighted by molar-refractivity contribution is -0.123. The lowest BCUT2D eigenvalue weighted by Crippen LogP contribution is -2.44. The van der Waals surface area contributed by atoms with Crippen molar-refractivity contribution in [3.8, 4) is 0 Å². The van der Waals surface area contributed by atoms with E-state index >= 15 is 0 Å². The molecule has 0 saturated heterocycles. The number of aryl methyl sites for hydroxylation is 3. The average Bonchev–Trinajstić information content (AvgIpc) is 3.78. The summed E-state index contributed by atoms with van der Waals surface area (Å²) in [5.41, 5.74) is 7.21. The first-order valence-corrected chi connectivity index (χ1v) is 16.9. The van der Waals surface area contributed by atoms with Gasteiger partial charge in [-0.3, -0.25) is 19.2 Å². The number of rotatable bonds is 10. The number of nitrogens with zero attached hydrogens (tertiary/aromatic N) is 4. The van der Waals surface area contributed by atoms with Crippen LogP contribution in [0, 0.1) is 0 Å². The van der Waals surface area contributed by atoms with E-state index in [1.54, 1.807) is 0 Å². The third kappa shape index (κ3) is 6.94. The van der Waals surface area contributed by atoms with Gasteiger partial charge in [-0.05, 0) is 79.7 Å². The van der Waals surface area contributed by atoms with Crippen molar-refractivity contribution in [1.29, 1.82) is 0 Å². The molecule has 6 N–H and O–H groups in total. The van der Waals surface area contributed by atoms with Gasteiger partial charge < -0.3 is 21.3 Å². The van der Waals surface area contributed by atoms with E-state index < -0.39 is 27.9 Å². The molecule has 15 heteroatoms. The number of fused-ring (bicyclic) bond motifs is 2. The molecule has 1 aliphatic heterocycles. The molecule has 6 amide bonds. The summed E-state index contributed by atoms with van der Waals surface area (Å²) >= 11 is 0. The molecule has 0 fully saturated rings. The summed E-state index contributed by atoms with van der Waals surface area (Å²) in [5, 5.41) is 21.4. The Morgan fingerprint density at radius 2 is 1.64 bits per heavy atom. The van der Waals surface area contributed by atoms with Crippen molar-refractivity contribution < 1.29 is 23.4 Å². The number of nitrogens with two attached hydrogens (primary N) is 1. The second-order valence-electron chi connectivity index (χ2n) is 11.6. The number of hydrogen-bond donors (Lipinski definition) is 5. The molecule has 1 aromatic carbocycles. The quantitative estimate of drug-likeness (QED) is 0.245. The van der Waals surface area contributed by atoms with Crippen LogP contribution in [0.3, 0.4) is 0 Å². The smallest absolute Gasteiger partial charge is 0.349 e. The molecule has 5 rings (SSSR count). The van der Waals surface area contributed by atoms with Crippen molar-refractivity contribution in [3.05, 3.63) is 51.2 Å². The molecular weight excluding hydrogens is 598 g/mol. The molecule has 1 aromatic heterocycles. The standard InChI is InChI=1S/C30H41N9O5S/c1-4-21-18(2)17-39(28(21)41)30(43)34-14-12-32-11-13-33-27(40)24-16-25(36-38(24)3)45(31,44)37-29(42)35-26-22-9-5-7-19(22)15-20-8-6-10-23(20)26/h15-16,32H,4-14,17H2,1-3H3,(H,33,40)(H,34,43)(H3,31,35,37,42,44). The number of imide groups is 1. The van der Waals surface area contributed by atoms with E-state index in [0.717, 1.165) is 60.9 Å². The zero-order valence-corrected chi connectivity index (χ0v) is 26.8. The fourth-order valence-corrected chi connectivity index (χ4v) is 7.17. The molecule has 3 aliphatic rings. The molecule has 2 aliphatic carbocycles. The number of benzene rings is 1. The van der Waals surface area contributed by atoms with Gasteiger partial charge >= 0.3 is 12.1 Å². The van der Waals surface area contributed by atoms with Crippen molar-refractivity contribution in [2.24, 2.45) is 16.5 Å². The second kappa shape index (κ2) is 13.5. The average molecular weight is 640 g/mol. The predicted molar refractivity (Wildman–Crippen MR) is 169 cm³/mol. The number of aromatic nitrogens is 2. The monoisotopic (exact) mass is 639 g/mol. The third-order valence-electron chi connectivity index (χ3n) is 8.49. The molecular formula is C30H41N9O5S. The van der Waals surface area contributed by atoms with Crippen molar-refractivity contribution in [2.45, 2.75) is 63.8 Å². The fourth-order valence-electron chi connectivity index (χ4n) is 6.26. The van der Waals surface area contributed by atoms with Crippen LogP contribution < -0.4 is 26.4 Å². The lowest BCUT2D eigenvalue weighted by Gasteiger charge is -2.16. The van der Waals surface area contributed by atoms with Crippen LogP contribution in [-0.4, -0.2) is 75.5 Å². The number of anilines is 1. The summed E-state index contributed by atoms with van der Waals surface area (Å²) in [5.74, 6) is -0.717. The Balaban J connectivity index is 1.09. The van der Waals surface area contributed by atoms with Crippen LogP contribution in [0.2, 0.25) is 0 Å². The fraction of sp³-hybridized carbons (Fsp3) is 0.500. The molecule has 14 nitrogen and oxygen atoms in total. The first-order chi connectivity index (χ1) is 21.5. The molecule has 242 valence electrons. The van der Waals surface area contributed by atoms with Gasteiger partial charge in [-0.2, -0.15) is 5.10 Å². The summed E-state index contributed by atoms with van der Waals surface area (Å²) in [6, 6.07) is 2.29. The minimum Gasteiger partial charge on any atom is -0.349 e. The van der Waals surface area contributed by atoms with Crippen molar-refractivity contribution >= 4 is 39.5 Å². The molecule has 2 aromatic rings. The van der Waals surface area contributed by atoms with Crippen LogP contribution >= 0.6 is 0 Å². The normalized spacial score (nSPS) is 16.8. The molecule has 2 heterocycles. The van der Waals surface area contributed by atoms with Gasteiger partial charge in [0.15, 0.2) is 14.9 Å². The Bertz CT molecular complexity index is 1670. The molecule has 0 radical (unpaired) electrons. The van der Waals surface area contributed by atoms with Gasteiger partial charge in [-0.25, -0.2) is 18.9 Å². The largest absolute Gasteiger partial charge is 0.354 e. The number of carbonyl (C=O) groups excluding carboxylic acids is 4. The van der Waals surface area contributed by atoms with E-state index in [-0.39, 0.29) is 23.2 Å². The molecule has 1 unspecified atom stereocenters. The van der Waals surface area contributed by atoms with E-state index in [9.17, 15) is 23.4 Å². The SMILES string of the molecule is CCC1=C(C)CN(C(=O)NCCNCCNC(=O)c2cc(S(N)(=O)=NC(=O)Nc3c4c(cc5c3CCC5)CCC4)nn2C)C1=O. The zero-order chi connectivity index (χ0) is 32.3. The first kappa shape index (κ1) is 32.3. The molecule has 0 spiro atoms. The topological polar surface area (TPSA) is 193 Å². The highest BCUT2D eigenvalue weighted by Gasteiger charge is 2.31. The van der Waals surface area contributed by atoms with Gasteiger partial charge in [0.05, 0.1) is 6.54 Å². The number of carbonyl (C=O) groups is 4. The van der Waals surface area contributed by atoms with Crippen LogP contribution in [0.1, 0.15) is 65.9 Å². The molecule has 1 atom stereocenters. The van der Waals surface area contributed by atoms with E-state index in [1.807, 2.05) is 13.8 Å². The summed E-state index contributed by atoms with van der Waals surface area (Å²) in [7, 11) is -2.21. The first-order valence-electron chi connectivity index (χ1n) is 15.3. The molecule has 45 heavy (non-hydrogen) atoms. The zero-order valence-electron chi connectivity index (χ0n) is 26.0. The summed E-state index contributed by atoms with van der Waals surface area (Å²) in [4.78, 5) is 51.6. The van der Waals surface area contributed by atoms with Crippen molar-refractivity contribution in [3.63, 3.8) is 0 Å². The van der Waals surface area contributed by atoms with Gasteiger partial charge in [0.25, 0.3) is 11.8 Å². The minimum absolute atomic E-state index is 0.107. The summed E-state index contributed by atoms with van der Waals surface area (Å²) < 4.78 is 18.3. The van der Waals surface area contributed by atoms with E-state index in [1.165, 1.54) is 33.8 Å². The van der Waals surface area contributed by atoms with Crippen LogP contribution in [0.4, 0.5) is 15.3 Å². The minimum atomic E-state index is -3.73. The lowest BCUT2D eigenvalue weighted by atomic mass is 9.99. The van der Waals surface area contributed by atoms with Crippen molar-refractivity contribution in [1.82, 2.24) is 30.6 Å². The van der Waals surface area contributed by atoms with E-state index in [0.29, 0.717) is 38.2 Å². The van der Waals surface area contributed by atoms with Crippen LogP contribution in [0.25, 0.3) is 0 Å². The van der Waals surface area contributed by atoms with Gasteiger partial charge in [-0.15, -0.1) is 4.36 Å². The van der Waals surface area contributed by atoms with E-state index in [4.69, 9.17) is 5.14 Å².